The van der Waals surface area contributed by atoms with Gasteiger partial charge in [0.15, 0.2) is 11.6 Å². The van der Waals surface area contributed by atoms with Crippen LogP contribution in [0.1, 0.15) is 34.5 Å². The van der Waals surface area contributed by atoms with Gasteiger partial charge >= 0.3 is 6.03 Å². The van der Waals surface area contributed by atoms with Crippen molar-refractivity contribution in [3.05, 3.63) is 53.5 Å². The lowest BCUT2D eigenvalue weighted by molar-refractivity contribution is 0.0990. The van der Waals surface area contributed by atoms with Crippen LogP contribution < -0.4 is 10.6 Å². The lowest BCUT2D eigenvalue weighted by Crippen LogP contribution is -2.52. The predicted octanol–water partition coefficient (Wildman–Crippen LogP) is 0.813. The van der Waals surface area contributed by atoms with Gasteiger partial charge in [-0.15, -0.1) is 5.10 Å². The minimum absolute atomic E-state index is 0.172. The molecular weight excluding hydrogens is 476 g/mol. The molecule has 36 heavy (non-hydrogen) atoms. The maximum Gasteiger partial charge on any atom is 0.341 e. The van der Waals surface area contributed by atoms with Gasteiger partial charge in [0.05, 0.1) is 18.4 Å². The average Bonchev–Trinajstić information content (AvgIpc) is 3.51. The SMILES string of the molecule is Cc1nc(C(N)=O)nn1-c1nc(N2CCN(C(=O)N3N=CC[C@H]3c3cncc(F)c3)CC2)ncc1F. The second kappa shape index (κ2) is 9.24. The molecule has 5 heterocycles. The van der Waals surface area contributed by atoms with Crippen LogP contribution in [0.25, 0.3) is 5.82 Å². The quantitative estimate of drug-likeness (QED) is 0.556. The molecule has 2 aliphatic heterocycles. The summed E-state index contributed by atoms with van der Waals surface area (Å²) in [5.74, 6) is -2.03. The Kier molecular flexibility index (Phi) is 5.95. The number of aromatic nitrogens is 6. The third kappa shape index (κ3) is 4.30. The number of aryl methyl sites for hydroxylation is 1. The fourth-order valence-corrected chi connectivity index (χ4v) is 4.07. The number of rotatable bonds is 4. The van der Waals surface area contributed by atoms with Gasteiger partial charge in [-0.1, -0.05) is 0 Å². The molecule has 1 atom stereocenters. The van der Waals surface area contributed by atoms with Gasteiger partial charge in [0.1, 0.15) is 11.6 Å². The summed E-state index contributed by atoms with van der Waals surface area (Å²) in [5.41, 5.74) is 5.78. The molecule has 0 unspecified atom stereocenters. The Morgan fingerprint density at radius 3 is 2.56 bits per heavy atom. The normalized spacial score (nSPS) is 17.6. The number of nitrogens with two attached hydrogens (primary N) is 1. The number of amides is 3. The van der Waals surface area contributed by atoms with Gasteiger partial charge in [-0.3, -0.25) is 9.78 Å². The Balaban J connectivity index is 1.28. The van der Waals surface area contributed by atoms with Crippen LogP contribution in [0.3, 0.4) is 0 Å². The molecule has 15 heteroatoms. The third-order valence-electron chi connectivity index (χ3n) is 5.87. The topological polar surface area (TPSA) is 152 Å². The number of carbonyl (C=O) groups excluding carboxylic acids is 2. The molecule has 3 aromatic rings. The number of nitrogens with zero attached hydrogens (tertiary/aromatic N) is 10. The highest BCUT2D eigenvalue weighted by Gasteiger charge is 2.34. The smallest absolute Gasteiger partial charge is 0.341 e. The van der Waals surface area contributed by atoms with Crippen LogP contribution >= 0.6 is 0 Å². The summed E-state index contributed by atoms with van der Waals surface area (Å²) in [7, 11) is 0. The van der Waals surface area contributed by atoms with Crippen LogP contribution in [0, 0.1) is 18.6 Å². The standard InChI is InChI=1S/C21H21F2N11O2/c1-12-28-18(17(24)35)30-33(12)19-15(23)11-26-20(29-19)31-4-6-32(7-5-31)21(36)34-16(2-3-27-34)13-8-14(22)10-25-9-13/h3,8-11,16H,2,4-7H2,1H3,(H2,24,35)/t16-/m0/s1. The van der Waals surface area contributed by atoms with Gasteiger partial charge < -0.3 is 15.5 Å². The van der Waals surface area contributed by atoms with E-state index in [1.165, 1.54) is 17.3 Å². The summed E-state index contributed by atoms with van der Waals surface area (Å²) in [5, 5.41) is 9.45. The highest BCUT2D eigenvalue weighted by molar-refractivity contribution is 5.88. The monoisotopic (exact) mass is 497 g/mol. The third-order valence-corrected chi connectivity index (χ3v) is 5.87. The van der Waals surface area contributed by atoms with E-state index >= 15 is 0 Å². The molecule has 186 valence electrons. The fourth-order valence-electron chi connectivity index (χ4n) is 4.07. The molecule has 3 aromatic heterocycles. The Morgan fingerprint density at radius 1 is 1.08 bits per heavy atom. The average molecular weight is 497 g/mol. The van der Waals surface area contributed by atoms with Crippen molar-refractivity contribution >= 4 is 24.1 Å². The van der Waals surface area contributed by atoms with Crippen molar-refractivity contribution in [1.82, 2.24) is 39.6 Å². The number of hydrogen-bond donors (Lipinski definition) is 1. The molecule has 0 bridgehead atoms. The number of halogens is 2. The summed E-state index contributed by atoms with van der Waals surface area (Å²) in [4.78, 5) is 44.1. The predicted molar refractivity (Wildman–Crippen MR) is 121 cm³/mol. The van der Waals surface area contributed by atoms with Crippen molar-refractivity contribution in [3.8, 4) is 5.82 Å². The Morgan fingerprint density at radius 2 is 1.86 bits per heavy atom. The van der Waals surface area contributed by atoms with E-state index in [-0.39, 0.29) is 29.4 Å². The number of carbonyl (C=O) groups is 2. The first kappa shape index (κ1) is 23.2. The maximum absolute atomic E-state index is 14.5. The zero-order chi connectivity index (χ0) is 25.4. The number of pyridine rings is 1. The lowest BCUT2D eigenvalue weighted by Gasteiger charge is -2.37. The molecule has 0 saturated carbocycles. The van der Waals surface area contributed by atoms with E-state index in [0.717, 1.165) is 17.1 Å². The van der Waals surface area contributed by atoms with Crippen LogP contribution in [-0.2, 0) is 0 Å². The molecule has 1 fully saturated rings. The summed E-state index contributed by atoms with van der Waals surface area (Å²) in [6, 6.07) is 0.602. The van der Waals surface area contributed by atoms with E-state index in [9.17, 15) is 18.4 Å². The van der Waals surface area contributed by atoms with Gasteiger partial charge in [0.25, 0.3) is 5.91 Å². The van der Waals surface area contributed by atoms with Gasteiger partial charge in [0, 0.05) is 45.0 Å². The van der Waals surface area contributed by atoms with Crippen molar-refractivity contribution in [3.63, 3.8) is 0 Å². The highest BCUT2D eigenvalue weighted by Crippen LogP contribution is 2.29. The van der Waals surface area contributed by atoms with Gasteiger partial charge in [-0.25, -0.2) is 28.6 Å². The molecule has 0 radical (unpaired) electrons. The summed E-state index contributed by atoms with van der Waals surface area (Å²) in [6.45, 7) is 2.97. The van der Waals surface area contributed by atoms with E-state index < -0.39 is 23.6 Å². The first-order valence-corrected chi connectivity index (χ1v) is 11.0. The van der Waals surface area contributed by atoms with Crippen molar-refractivity contribution in [2.24, 2.45) is 10.8 Å². The number of piperazine rings is 1. The van der Waals surface area contributed by atoms with Crippen LogP contribution in [0.5, 0.6) is 0 Å². The minimum Gasteiger partial charge on any atom is -0.363 e. The van der Waals surface area contributed by atoms with Crippen LogP contribution in [0.4, 0.5) is 19.5 Å². The highest BCUT2D eigenvalue weighted by atomic mass is 19.1. The van der Waals surface area contributed by atoms with E-state index in [1.807, 2.05) is 0 Å². The van der Waals surface area contributed by atoms with Crippen molar-refractivity contribution in [2.75, 3.05) is 31.1 Å². The van der Waals surface area contributed by atoms with E-state index in [2.05, 4.69) is 30.1 Å². The largest absolute Gasteiger partial charge is 0.363 e. The number of hydrazone groups is 1. The van der Waals surface area contributed by atoms with Gasteiger partial charge in [-0.05, 0) is 18.6 Å². The summed E-state index contributed by atoms with van der Waals surface area (Å²) >= 11 is 0. The first-order valence-electron chi connectivity index (χ1n) is 11.0. The van der Waals surface area contributed by atoms with E-state index in [1.54, 1.807) is 22.9 Å². The van der Waals surface area contributed by atoms with E-state index in [0.29, 0.717) is 38.2 Å². The molecule has 5 rings (SSSR count). The van der Waals surface area contributed by atoms with Gasteiger partial charge in [-0.2, -0.15) is 14.8 Å². The molecule has 3 amide bonds. The van der Waals surface area contributed by atoms with Crippen molar-refractivity contribution < 1.29 is 18.4 Å². The van der Waals surface area contributed by atoms with Crippen molar-refractivity contribution in [1.29, 1.82) is 0 Å². The van der Waals surface area contributed by atoms with Crippen LogP contribution in [0.2, 0.25) is 0 Å². The number of anilines is 1. The molecule has 13 nitrogen and oxygen atoms in total. The zero-order valence-corrected chi connectivity index (χ0v) is 19.1. The first-order chi connectivity index (χ1) is 17.3. The summed E-state index contributed by atoms with van der Waals surface area (Å²) in [6.07, 6.45) is 5.72. The zero-order valence-electron chi connectivity index (χ0n) is 19.1. The molecule has 0 spiro atoms. The number of urea groups is 1. The fraction of sp³-hybridized carbons (Fsp3) is 0.333. The number of hydrogen-bond acceptors (Lipinski definition) is 9. The number of primary amides is 1. The Labute approximate surface area is 203 Å². The molecular formula is C21H21F2N11O2. The maximum atomic E-state index is 14.5. The molecule has 0 aliphatic carbocycles. The van der Waals surface area contributed by atoms with E-state index in [4.69, 9.17) is 5.73 Å². The van der Waals surface area contributed by atoms with Crippen molar-refractivity contribution in [2.45, 2.75) is 19.4 Å². The second-order valence-corrected chi connectivity index (χ2v) is 8.19. The van der Waals surface area contributed by atoms with Crippen LogP contribution in [0.15, 0.2) is 29.8 Å². The summed E-state index contributed by atoms with van der Waals surface area (Å²) < 4.78 is 29.2. The Bertz CT molecular complexity index is 1350. The minimum atomic E-state index is -0.842. The molecule has 2 N–H and O–H groups in total. The molecule has 0 aromatic carbocycles. The van der Waals surface area contributed by atoms with Gasteiger partial charge in [0.2, 0.25) is 11.8 Å². The lowest BCUT2D eigenvalue weighted by atomic mass is 10.1. The van der Waals surface area contributed by atoms with Crippen LogP contribution in [-0.4, -0.2) is 84.0 Å². The Hall–Kier alpha value is -4.56. The molecule has 2 aliphatic rings. The second-order valence-electron chi connectivity index (χ2n) is 8.19. The molecule has 1 saturated heterocycles.